The fourth-order valence-electron chi connectivity index (χ4n) is 2.33. The van der Waals surface area contributed by atoms with Gasteiger partial charge in [0, 0.05) is 30.2 Å². The van der Waals surface area contributed by atoms with E-state index in [1.54, 1.807) is 18.3 Å². The summed E-state index contributed by atoms with van der Waals surface area (Å²) < 4.78 is 5.72. The summed E-state index contributed by atoms with van der Waals surface area (Å²) in [5.41, 5.74) is 1.17. The third kappa shape index (κ3) is 2.25. The molecule has 6 heteroatoms. The zero-order valence-electron chi connectivity index (χ0n) is 10.4. The molecule has 0 saturated carbocycles. The predicted octanol–water partition coefficient (Wildman–Crippen LogP) is 2.04. The maximum atomic E-state index is 10.1. The van der Waals surface area contributed by atoms with E-state index in [1.165, 1.54) is 0 Å². The molecule has 0 spiro atoms. The normalized spacial score (nSPS) is 23.7. The highest BCUT2D eigenvalue weighted by molar-refractivity contribution is 6.33. The lowest BCUT2D eigenvalue weighted by Crippen LogP contribution is -2.41. The molecule has 5 nitrogen and oxygen atoms in total. The van der Waals surface area contributed by atoms with Crippen LogP contribution in [-0.4, -0.2) is 34.3 Å². The van der Waals surface area contributed by atoms with Crippen molar-refractivity contribution >= 4 is 22.5 Å². The molecule has 2 N–H and O–H groups in total. The Morgan fingerprint density at radius 1 is 1.53 bits per heavy atom. The van der Waals surface area contributed by atoms with Gasteiger partial charge in [-0.3, -0.25) is 0 Å². The van der Waals surface area contributed by atoms with Gasteiger partial charge in [0.1, 0.15) is 17.4 Å². The number of aromatic hydroxyl groups is 1. The molecule has 0 aliphatic carbocycles. The van der Waals surface area contributed by atoms with Gasteiger partial charge < -0.3 is 15.2 Å². The van der Waals surface area contributed by atoms with Crippen molar-refractivity contribution in [3.05, 3.63) is 29.2 Å². The zero-order valence-corrected chi connectivity index (χ0v) is 11.2. The molecule has 3 heterocycles. The second-order valence-electron chi connectivity index (χ2n) is 4.60. The Kier molecular flexibility index (Phi) is 3.26. The summed E-state index contributed by atoms with van der Waals surface area (Å²) in [7, 11) is 0. The standard InChI is InChI=1S/C13H14ClN3O2/c1-7-12(19-5-4-15-7)9-6-10(18)8-2-3-16-13(14)11(8)17-9/h2-3,6-7,12,15H,4-5H2,1H3,(H,17,18). The average molecular weight is 280 g/mol. The Bertz CT molecular complexity index is 620. The van der Waals surface area contributed by atoms with Gasteiger partial charge in [0.25, 0.3) is 0 Å². The highest BCUT2D eigenvalue weighted by Crippen LogP contribution is 2.32. The Morgan fingerprint density at radius 3 is 3.16 bits per heavy atom. The van der Waals surface area contributed by atoms with E-state index < -0.39 is 0 Å². The molecule has 19 heavy (non-hydrogen) atoms. The molecule has 0 radical (unpaired) electrons. The maximum absolute atomic E-state index is 10.1. The van der Waals surface area contributed by atoms with E-state index in [9.17, 15) is 5.11 Å². The largest absolute Gasteiger partial charge is 0.507 e. The van der Waals surface area contributed by atoms with E-state index in [0.29, 0.717) is 23.2 Å². The Balaban J connectivity index is 2.12. The summed E-state index contributed by atoms with van der Waals surface area (Å²) in [5.74, 6) is 0.144. The first-order valence-corrected chi connectivity index (χ1v) is 6.53. The summed E-state index contributed by atoms with van der Waals surface area (Å²) in [5, 5.41) is 14.3. The van der Waals surface area contributed by atoms with Crippen molar-refractivity contribution in [2.45, 2.75) is 19.1 Å². The van der Waals surface area contributed by atoms with Gasteiger partial charge in [-0.1, -0.05) is 11.6 Å². The number of morpholine rings is 1. The first-order valence-electron chi connectivity index (χ1n) is 6.16. The lowest BCUT2D eigenvalue weighted by Gasteiger charge is -2.30. The van der Waals surface area contributed by atoms with E-state index in [-0.39, 0.29) is 23.0 Å². The van der Waals surface area contributed by atoms with Gasteiger partial charge in [-0.2, -0.15) is 0 Å². The first kappa shape index (κ1) is 12.6. The highest BCUT2D eigenvalue weighted by Gasteiger charge is 2.25. The number of pyridine rings is 2. The van der Waals surface area contributed by atoms with Crippen molar-refractivity contribution in [1.82, 2.24) is 15.3 Å². The smallest absolute Gasteiger partial charge is 0.155 e. The SMILES string of the molecule is CC1NCCOC1c1cc(O)c2ccnc(Cl)c2n1. The van der Waals surface area contributed by atoms with Crippen LogP contribution in [0.5, 0.6) is 5.75 Å². The molecule has 1 aliphatic rings. The Labute approximate surface area is 115 Å². The van der Waals surface area contributed by atoms with Crippen molar-refractivity contribution < 1.29 is 9.84 Å². The van der Waals surface area contributed by atoms with Gasteiger partial charge in [-0.25, -0.2) is 9.97 Å². The third-order valence-electron chi connectivity index (χ3n) is 3.29. The van der Waals surface area contributed by atoms with Crippen LogP contribution in [-0.2, 0) is 4.74 Å². The molecule has 0 aromatic carbocycles. The number of nitrogens with one attached hydrogen (secondary N) is 1. The van der Waals surface area contributed by atoms with E-state index in [4.69, 9.17) is 16.3 Å². The third-order valence-corrected chi connectivity index (χ3v) is 3.57. The number of halogens is 1. The van der Waals surface area contributed by atoms with Crippen LogP contribution in [0.15, 0.2) is 18.3 Å². The number of hydrogen-bond donors (Lipinski definition) is 2. The molecule has 100 valence electrons. The average Bonchev–Trinajstić information content (AvgIpc) is 2.40. The molecule has 0 amide bonds. The van der Waals surface area contributed by atoms with Crippen molar-refractivity contribution in [2.24, 2.45) is 0 Å². The van der Waals surface area contributed by atoms with Gasteiger partial charge in [0.2, 0.25) is 0 Å². The molecule has 2 unspecified atom stereocenters. The molecule has 2 atom stereocenters. The second kappa shape index (κ2) is 4.92. The van der Waals surface area contributed by atoms with Crippen molar-refractivity contribution in [3.63, 3.8) is 0 Å². The van der Waals surface area contributed by atoms with Crippen molar-refractivity contribution in [1.29, 1.82) is 0 Å². The van der Waals surface area contributed by atoms with Gasteiger partial charge >= 0.3 is 0 Å². The molecule has 3 rings (SSSR count). The maximum Gasteiger partial charge on any atom is 0.155 e. The quantitative estimate of drug-likeness (QED) is 0.782. The number of hydrogen-bond acceptors (Lipinski definition) is 5. The van der Waals surface area contributed by atoms with Crippen LogP contribution >= 0.6 is 11.6 Å². The highest BCUT2D eigenvalue weighted by atomic mass is 35.5. The van der Waals surface area contributed by atoms with Crippen LogP contribution < -0.4 is 5.32 Å². The minimum Gasteiger partial charge on any atom is -0.507 e. The van der Waals surface area contributed by atoms with Crippen LogP contribution in [0.2, 0.25) is 5.15 Å². The lowest BCUT2D eigenvalue weighted by atomic mass is 10.1. The van der Waals surface area contributed by atoms with Gasteiger partial charge in [0.05, 0.1) is 12.3 Å². The van der Waals surface area contributed by atoms with E-state index in [2.05, 4.69) is 15.3 Å². The lowest BCUT2D eigenvalue weighted by molar-refractivity contribution is -0.00272. The van der Waals surface area contributed by atoms with Crippen LogP contribution in [0, 0.1) is 0 Å². The Hall–Kier alpha value is -1.43. The molecule has 2 aromatic rings. The molecule has 2 aromatic heterocycles. The predicted molar refractivity (Wildman–Crippen MR) is 72.4 cm³/mol. The topological polar surface area (TPSA) is 67.3 Å². The fourth-order valence-corrected chi connectivity index (χ4v) is 2.53. The summed E-state index contributed by atoms with van der Waals surface area (Å²) in [6.07, 6.45) is 1.35. The Morgan fingerprint density at radius 2 is 2.37 bits per heavy atom. The van der Waals surface area contributed by atoms with E-state index in [0.717, 1.165) is 6.54 Å². The van der Waals surface area contributed by atoms with E-state index in [1.807, 2.05) is 6.92 Å². The van der Waals surface area contributed by atoms with Crippen LogP contribution in [0.25, 0.3) is 10.9 Å². The molecule has 1 aliphatic heterocycles. The number of nitrogens with zero attached hydrogens (tertiary/aromatic N) is 2. The van der Waals surface area contributed by atoms with Crippen molar-refractivity contribution in [2.75, 3.05) is 13.2 Å². The fraction of sp³-hybridized carbons (Fsp3) is 0.385. The summed E-state index contributed by atoms with van der Waals surface area (Å²) in [6, 6.07) is 3.46. The molecule has 0 bridgehead atoms. The number of fused-ring (bicyclic) bond motifs is 1. The molecular weight excluding hydrogens is 266 g/mol. The summed E-state index contributed by atoms with van der Waals surface area (Å²) in [6.45, 7) is 3.47. The second-order valence-corrected chi connectivity index (χ2v) is 4.96. The minimum atomic E-state index is -0.194. The minimum absolute atomic E-state index is 0.133. The van der Waals surface area contributed by atoms with Crippen molar-refractivity contribution in [3.8, 4) is 5.75 Å². The zero-order chi connectivity index (χ0) is 13.4. The summed E-state index contributed by atoms with van der Waals surface area (Å²) >= 11 is 6.04. The molecular formula is C13H14ClN3O2. The van der Waals surface area contributed by atoms with Crippen LogP contribution in [0.1, 0.15) is 18.7 Å². The van der Waals surface area contributed by atoms with Crippen LogP contribution in [0.4, 0.5) is 0 Å². The summed E-state index contributed by atoms with van der Waals surface area (Å²) in [4.78, 5) is 8.48. The molecule has 1 saturated heterocycles. The van der Waals surface area contributed by atoms with Gasteiger partial charge in [-0.15, -0.1) is 0 Å². The number of rotatable bonds is 1. The molecule has 1 fully saturated rings. The monoisotopic (exact) mass is 279 g/mol. The van der Waals surface area contributed by atoms with Crippen LogP contribution in [0.3, 0.4) is 0 Å². The van der Waals surface area contributed by atoms with E-state index >= 15 is 0 Å². The number of ether oxygens (including phenoxy) is 1. The van der Waals surface area contributed by atoms with Gasteiger partial charge in [0.15, 0.2) is 5.15 Å². The number of aromatic nitrogens is 2. The first-order chi connectivity index (χ1) is 9.16. The van der Waals surface area contributed by atoms with Gasteiger partial charge in [-0.05, 0) is 13.0 Å².